The van der Waals surface area contributed by atoms with E-state index in [9.17, 15) is 9.90 Å². The second-order valence-electron chi connectivity index (χ2n) is 8.25. The Kier molecular flexibility index (Phi) is 6.62. The van der Waals surface area contributed by atoms with Crippen molar-refractivity contribution >= 4 is 20.9 Å². The Morgan fingerprint density at radius 2 is 1.68 bits per heavy atom. The summed E-state index contributed by atoms with van der Waals surface area (Å²) in [7, 11) is -0.340. The van der Waals surface area contributed by atoms with Crippen LogP contribution < -0.4 is 10.2 Å². The van der Waals surface area contributed by atoms with Crippen molar-refractivity contribution < 1.29 is 9.84 Å². The van der Waals surface area contributed by atoms with Gasteiger partial charge >= 0.3 is 0 Å². The number of pyridine rings is 1. The van der Waals surface area contributed by atoms with Crippen LogP contribution in [0.4, 0.5) is 0 Å². The average Bonchev–Trinajstić information content (AvgIpc) is 2.41. The number of aryl methyl sites for hydroxylation is 1. The second-order valence-corrected chi connectivity index (χ2v) is 13.1. The number of benzene rings is 1. The Balaban J connectivity index is 0.000000333. The molecule has 0 bridgehead atoms. The molecular formula is C20H33NO3S. The Hall–Kier alpha value is -1.62. The summed E-state index contributed by atoms with van der Waals surface area (Å²) in [6.07, 6.45) is 7.05. The fourth-order valence-corrected chi connectivity index (χ4v) is 1.74. The van der Waals surface area contributed by atoms with Gasteiger partial charge < -0.3 is 14.8 Å². The van der Waals surface area contributed by atoms with Gasteiger partial charge in [-0.2, -0.15) is 0 Å². The second kappa shape index (κ2) is 7.73. The largest absolute Gasteiger partial charge is 0.508 e. The predicted octanol–water partition coefficient (Wildman–Crippen LogP) is 4.81. The smallest absolute Gasteiger partial charge is 0.195 e. The van der Waals surface area contributed by atoms with Crippen LogP contribution in [-0.2, 0) is 0 Å². The number of nitrogens with one attached hydrogen (secondary N) is 1. The van der Waals surface area contributed by atoms with Crippen LogP contribution in [0.2, 0.25) is 0 Å². The minimum atomic E-state index is -0.340. The Bertz CT molecular complexity index is 768. The van der Waals surface area contributed by atoms with Crippen molar-refractivity contribution in [1.29, 1.82) is 0 Å². The molecule has 0 saturated carbocycles. The molecule has 2 aromatic rings. The van der Waals surface area contributed by atoms with Gasteiger partial charge in [-0.3, -0.25) is 4.79 Å². The van der Waals surface area contributed by atoms with E-state index >= 15 is 0 Å². The van der Waals surface area contributed by atoms with Crippen molar-refractivity contribution in [2.75, 3.05) is 18.8 Å². The van der Waals surface area contributed by atoms with Crippen molar-refractivity contribution in [3.05, 3.63) is 34.0 Å². The first-order chi connectivity index (χ1) is 11.2. The average molecular weight is 368 g/mol. The molecule has 0 aliphatic rings. The molecule has 0 aliphatic heterocycles. The number of hydrogen-bond donors (Lipinski definition) is 2. The highest BCUT2D eigenvalue weighted by molar-refractivity contribution is 8.33. The molecule has 1 aromatic heterocycles. The molecule has 2 rings (SSSR count). The summed E-state index contributed by atoms with van der Waals surface area (Å²) in [5.41, 5.74) is 1.15. The van der Waals surface area contributed by atoms with Gasteiger partial charge in [0.25, 0.3) is 0 Å². The molecule has 0 unspecified atom stereocenters. The maximum Gasteiger partial charge on any atom is 0.195 e. The number of hydrogen-bond acceptors (Lipinski definition) is 3. The fourth-order valence-electron chi connectivity index (χ4n) is 1.74. The standard InChI is InChI=1S/C13H15NO3.C7H18S/c1-7(2)17-12-6-11(16)9-4-5-10(15)8(3)13(9)14-12;1-7(2,3)8(4,5)6/h4-7,15H,1-3H3,(H,14,16);1-6H3. The van der Waals surface area contributed by atoms with E-state index in [0.29, 0.717) is 27.1 Å². The Labute approximate surface area is 152 Å². The van der Waals surface area contributed by atoms with E-state index in [0.717, 1.165) is 0 Å². The monoisotopic (exact) mass is 367 g/mol. The number of fused-ring (bicyclic) bond motifs is 1. The van der Waals surface area contributed by atoms with Gasteiger partial charge in [0.2, 0.25) is 0 Å². The molecular weight excluding hydrogens is 334 g/mol. The lowest BCUT2D eigenvalue weighted by Crippen LogP contribution is -2.21. The molecule has 2 N–H and O–H groups in total. The van der Waals surface area contributed by atoms with E-state index in [1.54, 1.807) is 13.0 Å². The summed E-state index contributed by atoms with van der Waals surface area (Å²) >= 11 is 0. The highest BCUT2D eigenvalue weighted by Gasteiger charge is 2.21. The van der Waals surface area contributed by atoms with Crippen LogP contribution in [0.25, 0.3) is 10.9 Å². The third-order valence-electron chi connectivity index (χ3n) is 4.41. The van der Waals surface area contributed by atoms with Crippen LogP contribution in [0, 0.1) is 6.92 Å². The molecule has 0 fully saturated rings. The molecule has 0 atom stereocenters. The van der Waals surface area contributed by atoms with Crippen molar-refractivity contribution in [2.24, 2.45) is 0 Å². The van der Waals surface area contributed by atoms with E-state index in [-0.39, 0.29) is 27.3 Å². The summed E-state index contributed by atoms with van der Waals surface area (Å²) in [6, 6.07) is 4.56. The first-order valence-electron chi connectivity index (χ1n) is 8.44. The van der Waals surface area contributed by atoms with Crippen LogP contribution in [0.15, 0.2) is 23.0 Å². The number of aromatic hydroxyl groups is 1. The summed E-state index contributed by atoms with van der Waals surface area (Å²) in [5.74, 6) is 0.584. The van der Waals surface area contributed by atoms with Gasteiger partial charge in [0.1, 0.15) is 5.75 Å². The van der Waals surface area contributed by atoms with Crippen molar-refractivity contribution in [1.82, 2.24) is 4.98 Å². The van der Waals surface area contributed by atoms with E-state index in [1.807, 2.05) is 13.8 Å². The van der Waals surface area contributed by atoms with E-state index in [4.69, 9.17) is 4.74 Å². The van der Waals surface area contributed by atoms with Gasteiger partial charge in [-0.15, -0.1) is 0 Å². The van der Waals surface area contributed by atoms with Gasteiger partial charge in [0.05, 0.1) is 11.6 Å². The number of phenols is 1. The number of phenolic OH excluding ortho intramolecular Hbond substituents is 1. The maximum atomic E-state index is 11.9. The van der Waals surface area contributed by atoms with Crippen LogP contribution in [-0.4, -0.2) is 39.7 Å². The van der Waals surface area contributed by atoms with Gasteiger partial charge in [-0.05, 0) is 56.4 Å². The third kappa shape index (κ3) is 5.70. The van der Waals surface area contributed by atoms with Crippen molar-refractivity contribution in [3.63, 3.8) is 0 Å². The number of H-pyrrole nitrogens is 1. The number of aromatic nitrogens is 1. The van der Waals surface area contributed by atoms with Gasteiger partial charge in [0, 0.05) is 17.0 Å². The van der Waals surface area contributed by atoms with Crippen LogP contribution >= 0.6 is 10.0 Å². The van der Waals surface area contributed by atoms with Crippen molar-refractivity contribution in [3.8, 4) is 11.6 Å². The molecule has 1 aromatic carbocycles. The highest BCUT2D eigenvalue weighted by Crippen LogP contribution is 2.48. The third-order valence-corrected chi connectivity index (χ3v) is 8.09. The normalized spacial score (nSPS) is 12.7. The summed E-state index contributed by atoms with van der Waals surface area (Å²) in [5, 5.41) is 10.2. The van der Waals surface area contributed by atoms with E-state index < -0.39 is 0 Å². The summed E-state index contributed by atoms with van der Waals surface area (Å²) in [4.78, 5) is 14.9. The number of ether oxygens (including phenoxy) is 1. The van der Waals surface area contributed by atoms with Crippen LogP contribution in [0.3, 0.4) is 0 Å². The topological polar surface area (TPSA) is 62.3 Å². The number of aromatic amines is 1. The van der Waals surface area contributed by atoms with E-state index in [1.165, 1.54) is 12.1 Å². The SMILES string of the molecule is CC(C)(C)S(C)(C)C.Cc1c(O)ccc2c(=O)cc(OC(C)C)[nH]c12. The molecule has 25 heavy (non-hydrogen) atoms. The summed E-state index contributed by atoms with van der Waals surface area (Å²) in [6.45, 7) is 12.5. The van der Waals surface area contributed by atoms with Crippen LogP contribution in [0.1, 0.15) is 40.2 Å². The molecule has 5 heteroatoms. The van der Waals surface area contributed by atoms with E-state index in [2.05, 4.69) is 44.5 Å². The maximum absolute atomic E-state index is 11.9. The zero-order valence-corrected chi connectivity index (χ0v) is 17.8. The zero-order valence-electron chi connectivity index (χ0n) is 17.0. The lowest BCUT2D eigenvalue weighted by atomic mass is 10.1. The molecule has 0 radical (unpaired) electrons. The lowest BCUT2D eigenvalue weighted by molar-refractivity contribution is 0.233. The zero-order chi connectivity index (χ0) is 19.6. The fraction of sp³-hybridized carbons (Fsp3) is 0.550. The van der Waals surface area contributed by atoms with Gasteiger partial charge in [-0.25, -0.2) is 10.0 Å². The summed E-state index contributed by atoms with van der Waals surface area (Å²) < 4.78 is 5.98. The Morgan fingerprint density at radius 1 is 1.16 bits per heavy atom. The highest BCUT2D eigenvalue weighted by atomic mass is 32.3. The minimum Gasteiger partial charge on any atom is -0.508 e. The lowest BCUT2D eigenvalue weighted by Gasteiger charge is -2.40. The van der Waals surface area contributed by atoms with Gasteiger partial charge in [0.15, 0.2) is 11.3 Å². The van der Waals surface area contributed by atoms with Gasteiger partial charge in [-0.1, -0.05) is 20.8 Å². The number of rotatable bonds is 2. The molecule has 4 nitrogen and oxygen atoms in total. The molecule has 0 saturated heterocycles. The first-order valence-corrected chi connectivity index (χ1v) is 11.3. The molecule has 1 heterocycles. The molecule has 142 valence electrons. The Morgan fingerprint density at radius 3 is 2.12 bits per heavy atom. The quantitative estimate of drug-likeness (QED) is 0.801. The molecule has 0 spiro atoms. The first kappa shape index (κ1) is 21.4. The van der Waals surface area contributed by atoms with Crippen LogP contribution in [0.5, 0.6) is 11.6 Å². The minimum absolute atomic E-state index is 0.0132. The molecule has 0 amide bonds. The predicted molar refractivity (Wildman–Crippen MR) is 112 cm³/mol. The van der Waals surface area contributed by atoms with Crippen molar-refractivity contribution in [2.45, 2.75) is 52.4 Å². The molecule has 0 aliphatic carbocycles.